The summed E-state index contributed by atoms with van der Waals surface area (Å²) >= 11 is 0. The van der Waals surface area contributed by atoms with E-state index in [1.165, 1.54) is 70.9 Å². The molecule has 0 aromatic rings. The third-order valence-electron chi connectivity index (χ3n) is 6.13. The Morgan fingerprint density at radius 3 is 1.61 bits per heavy atom. The van der Waals surface area contributed by atoms with E-state index in [2.05, 4.69) is 21.6 Å². The Kier molecular flexibility index (Phi) is 6.35. The zero-order valence-corrected chi connectivity index (χ0v) is 15.0. The van der Waals surface area contributed by atoms with Crippen LogP contribution in [0.1, 0.15) is 64.7 Å². The summed E-state index contributed by atoms with van der Waals surface area (Å²) in [5.74, 6) is 0.421. The van der Waals surface area contributed by atoms with Gasteiger partial charge in [-0.2, -0.15) is 0 Å². The first-order valence-electron chi connectivity index (χ1n) is 10.0. The van der Waals surface area contributed by atoms with Crippen LogP contribution in [0.5, 0.6) is 0 Å². The topological polar surface area (TPSA) is 26.8 Å². The van der Waals surface area contributed by atoms with Crippen molar-refractivity contribution in [3.63, 3.8) is 0 Å². The van der Waals surface area contributed by atoms with Gasteiger partial charge in [0.15, 0.2) is 0 Å². The van der Waals surface area contributed by atoms with Crippen molar-refractivity contribution in [1.82, 2.24) is 14.7 Å². The van der Waals surface area contributed by atoms with E-state index >= 15 is 0 Å². The quantitative estimate of drug-likeness (QED) is 0.796. The maximum absolute atomic E-state index is 13.3. The second kappa shape index (κ2) is 8.48. The summed E-state index contributed by atoms with van der Waals surface area (Å²) in [5.41, 5.74) is 0. The van der Waals surface area contributed by atoms with Crippen LogP contribution in [-0.2, 0) is 4.79 Å². The van der Waals surface area contributed by atoms with Gasteiger partial charge in [-0.05, 0) is 78.0 Å². The highest BCUT2D eigenvalue weighted by Crippen LogP contribution is 2.23. The minimum atomic E-state index is 0.0894. The van der Waals surface area contributed by atoms with E-state index in [0.717, 1.165) is 26.2 Å². The first kappa shape index (κ1) is 17.2. The second-order valence-electron chi connectivity index (χ2n) is 7.76. The molecule has 132 valence electrons. The van der Waals surface area contributed by atoms with E-state index in [-0.39, 0.29) is 6.04 Å². The SMILES string of the molecule is C[C@H]([C@@H](C(=O)N1CCCCC1)N1CCCCC1)N1CCCCC1. The first-order chi connectivity index (χ1) is 11.3. The fourth-order valence-corrected chi connectivity index (χ4v) is 4.69. The highest BCUT2D eigenvalue weighted by atomic mass is 16.2. The molecule has 1 amide bonds. The van der Waals surface area contributed by atoms with Gasteiger partial charge in [0, 0.05) is 19.1 Å². The summed E-state index contributed by atoms with van der Waals surface area (Å²) < 4.78 is 0. The molecule has 0 N–H and O–H groups in total. The maximum Gasteiger partial charge on any atom is 0.241 e. The molecular weight excluding hydrogens is 286 g/mol. The number of nitrogens with zero attached hydrogens (tertiary/aromatic N) is 3. The summed E-state index contributed by atoms with van der Waals surface area (Å²) in [4.78, 5) is 20.6. The molecule has 0 spiro atoms. The van der Waals surface area contributed by atoms with Crippen LogP contribution >= 0.6 is 0 Å². The lowest BCUT2D eigenvalue weighted by Gasteiger charge is -2.44. The van der Waals surface area contributed by atoms with E-state index in [9.17, 15) is 4.79 Å². The van der Waals surface area contributed by atoms with Gasteiger partial charge in [-0.3, -0.25) is 14.6 Å². The summed E-state index contributed by atoms with van der Waals surface area (Å²) in [7, 11) is 0. The predicted octanol–water partition coefficient (Wildman–Crippen LogP) is 2.73. The summed E-state index contributed by atoms with van der Waals surface area (Å²) in [5, 5.41) is 0. The van der Waals surface area contributed by atoms with Crippen molar-refractivity contribution in [2.45, 2.75) is 76.8 Å². The van der Waals surface area contributed by atoms with E-state index in [1.807, 2.05) is 0 Å². The van der Waals surface area contributed by atoms with E-state index in [0.29, 0.717) is 11.9 Å². The summed E-state index contributed by atoms with van der Waals surface area (Å²) in [6.45, 7) is 8.86. The maximum atomic E-state index is 13.3. The Morgan fingerprint density at radius 2 is 1.09 bits per heavy atom. The van der Waals surface area contributed by atoms with Crippen LogP contribution in [0.3, 0.4) is 0 Å². The second-order valence-corrected chi connectivity index (χ2v) is 7.76. The lowest BCUT2D eigenvalue weighted by molar-refractivity contribution is -0.141. The lowest BCUT2D eigenvalue weighted by atomic mass is 9.97. The summed E-state index contributed by atoms with van der Waals surface area (Å²) in [6, 6.07) is 0.453. The number of carbonyl (C=O) groups is 1. The molecule has 2 atom stereocenters. The molecule has 3 aliphatic heterocycles. The Bertz CT molecular complexity index is 369. The van der Waals surface area contributed by atoms with Gasteiger partial charge in [0.1, 0.15) is 6.04 Å². The average molecular weight is 322 g/mol. The highest BCUT2D eigenvalue weighted by molar-refractivity contribution is 5.82. The van der Waals surface area contributed by atoms with Crippen molar-refractivity contribution in [2.24, 2.45) is 0 Å². The van der Waals surface area contributed by atoms with Gasteiger partial charge in [0.05, 0.1) is 0 Å². The van der Waals surface area contributed by atoms with Crippen LogP contribution in [0.25, 0.3) is 0 Å². The molecule has 0 unspecified atom stereocenters. The molecule has 4 nitrogen and oxygen atoms in total. The minimum Gasteiger partial charge on any atom is -0.341 e. The third kappa shape index (κ3) is 4.27. The zero-order valence-electron chi connectivity index (χ0n) is 15.0. The zero-order chi connectivity index (χ0) is 16.1. The Labute approximate surface area is 142 Å². The van der Waals surface area contributed by atoms with E-state index < -0.39 is 0 Å². The van der Waals surface area contributed by atoms with Crippen molar-refractivity contribution in [3.8, 4) is 0 Å². The standard InChI is InChI=1S/C19H35N3O/c1-17(20-11-5-2-6-12-20)18(21-13-7-3-8-14-21)19(23)22-15-9-4-10-16-22/h17-18H,2-16H2,1H3/t17-,18+/m1/s1. The number of amides is 1. The van der Waals surface area contributed by atoms with E-state index in [4.69, 9.17) is 0 Å². The molecule has 0 aromatic carbocycles. The number of carbonyl (C=O) groups excluding carboxylic acids is 1. The average Bonchev–Trinajstić information content (AvgIpc) is 2.64. The van der Waals surface area contributed by atoms with Crippen LogP contribution in [0.2, 0.25) is 0 Å². The molecule has 4 heteroatoms. The van der Waals surface area contributed by atoms with Crippen molar-refractivity contribution in [1.29, 1.82) is 0 Å². The third-order valence-corrected chi connectivity index (χ3v) is 6.13. The van der Waals surface area contributed by atoms with Gasteiger partial charge in [-0.15, -0.1) is 0 Å². The number of rotatable bonds is 4. The Hall–Kier alpha value is -0.610. The normalized spacial score (nSPS) is 27.6. The summed E-state index contributed by atoms with van der Waals surface area (Å²) in [6.07, 6.45) is 11.5. The van der Waals surface area contributed by atoms with Crippen LogP contribution in [-0.4, -0.2) is 72.0 Å². The number of likely N-dealkylation sites (tertiary alicyclic amines) is 3. The number of piperidine rings is 3. The number of hydrogen-bond donors (Lipinski definition) is 0. The smallest absolute Gasteiger partial charge is 0.241 e. The molecule has 3 aliphatic rings. The molecule has 0 radical (unpaired) electrons. The van der Waals surface area contributed by atoms with Crippen LogP contribution in [0, 0.1) is 0 Å². The predicted molar refractivity (Wildman–Crippen MR) is 94.5 cm³/mol. The van der Waals surface area contributed by atoms with Gasteiger partial charge in [0.25, 0.3) is 0 Å². The fraction of sp³-hybridized carbons (Fsp3) is 0.947. The van der Waals surface area contributed by atoms with Gasteiger partial charge >= 0.3 is 0 Å². The van der Waals surface area contributed by atoms with Gasteiger partial charge in [0.2, 0.25) is 5.91 Å². The molecule has 0 aromatic heterocycles. The van der Waals surface area contributed by atoms with Gasteiger partial charge in [-0.25, -0.2) is 0 Å². The van der Waals surface area contributed by atoms with Crippen LogP contribution < -0.4 is 0 Å². The van der Waals surface area contributed by atoms with Crippen molar-refractivity contribution >= 4 is 5.91 Å². The van der Waals surface area contributed by atoms with Crippen LogP contribution in [0.4, 0.5) is 0 Å². The molecule has 0 saturated carbocycles. The van der Waals surface area contributed by atoms with E-state index in [1.54, 1.807) is 0 Å². The molecule has 3 fully saturated rings. The van der Waals surface area contributed by atoms with Crippen molar-refractivity contribution in [2.75, 3.05) is 39.3 Å². The Balaban J connectivity index is 1.72. The molecule has 3 heterocycles. The van der Waals surface area contributed by atoms with Crippen LogP contribution in [0.15, 0.2) is 0 Å². The largest absolute Gasteiger partial charge is 0.341 e. The molecular formula is C19H35N3O. The van der Waals surface area contributed by atoms with Gasteiger partial charge in [-0.1, -0.05) is 12.8 Å². The monoisotopic (exact) mass is 321 g/mol. The molecule has 3 rings (SSSR count). The minimum absolute atomic E-state index is 0.0894. The molecule has 3 saturated heterocycles. The molecule has 23 heavy (non-hydrogen) atoms. The first-order valence-corrected chi connectivity index (χ1v) is 10.0. The fourth-order valence-electron chi connectivity index (χ4n) is 4.69. The van der Waals surface area contributed by atoms with Crippen molar-refractivity contribution in [3.05, 3.63) is 0 Å². The van der Waals surface area contributed by atoms with Gasteiger partial charge < -0.3 is 4.90 Å². The van der Waals surface area contributed by atoms with Crippen molar-refractivity contribution < 1.29 is 4.79 Å². The molecule has 0 aliphatic carbocycles. The highest BCUT2D eigenvalue weighted by Gasteiger charge is 2.37. The number of hydrogen-bond acceptors (Lipinski definition) is 3. The lowest BCUT2D eigenvalue weighted by Crippen LogP contribution is -2.60. The molecule has 0 bridgehead atoms. The Morgan fingerprint density at radius 1 is 0.652 bits per heavy atom.